The third-order valence-corrected chi connectivity index (χ3v) is 1.85. The Morgan fingerprint density at radius 2 is 1.44 bits per heavy atom. The minimum absolute atomic E-state index is 0. The normalized spacial score (nSPS) is 9.33. The fraction of sp³-hybridized carbons (Fsp3) is 1.00. The molecule has 0 heterocycles. The van der Waals surface area contributed by atoms with E-state index in [4.69, 9.17) is 0 Å². The van der Waals surface area contributed by atoms with Gasteiger partial charge in [0.2, 0.25) is 0 Å². The Morgan fingerprint density at radius 3 is 1.56 bits per heavy atom. The molecule has 0 saturated heterocycles. The summed E-state index contributed by atoms with van der Waals surface area (Å²) in [5.41, 5.74) is 0. The third kappa shape index (κ3) is 5.84. The van der Waals surface area contributed by atoms with Gasteiger partial charge in [0.15, 0.2) is 0 Å². The highest BCUT2D eigenvalue weighted by atomic mass is 16.0. The van der Waals surface area contributed by atoms with Gasteiger partial charge in [-0.2, -0.15) is 0 Å². The van der Waals surface area contributed by atoms with Gasteiger partial charge in [0, 0.05) is 0 Å². The molecule has 0 aromatic heterocycles. The maximum atomic E-state index is 2.28. The second kappa shape index (κ2) is 7.96. The van der Waals surface area contributed by atoms with Gasteiger partial charge in [-0.1, -0.05) is 46.5 Å². The summed E-state index contributed by atoms with van der Waals surface area (Å²) in [6.07, 6.45) is 5.51. The van der Waals surface area contributed by atoms with Crippen molar-refractivity contribution in [2.75, 3.05) is 0 Å². The SMILES string of the molecule is CCCC(CC)CC.O. The van der Waals surface area contributed by atoms with Crippen LogP contribution in [0.2, 0.25) is 0 Å². The van der Waals surface area contributed by atoms with E-state index in [2.05, 4.69) is 20.8 Å². The minimum Gasteiger partial charge on any atom is -0.412 e. The molecule has 0 rings (SSSR count). The molecule has 0 fully saturated rings. The lowest BCUT2D eigenvalue weighted by atomic mass is 9.98. The molecule has 1 nitrogen and oxygen atoms in total. The Balaban J connectivity index is 0. The fourth-order valence-electron chi connectivity index (χ4n) is 1.11. The van der Waals surface area contributed by atoms with Crippen LogP contribution >= 0.6 is 0 Å². The van der Waals surface area contributed by atoms with E-state index in [1.807, 2.05) is 0 Å². The Morgan fingerprint density at radius 1 is 1.00 bits per heavy atom. The highest BCUT2D eigenvalue weighted by Crippen LogP contribution is 2.13. The summed E-state index contributed by atoms with van der Waals surface area (Å²) in [5.74, 6) is 1.000. The van der Waals surface area contributed by atoms with Crippen molar-refractivity contribution in [2.24, 2.45) is 5.92 Å². The highest BCUT2D eigenvalue weighted by Gasteiger charge is 1.98. The first-order chi connectivity index (χ1) is 3.85. The van der Waals surface area contributed by atoms with Gasteiger partial charge in [-0.3, -0.25) is 0 Å². The fourth-order valence-corrected chi connectivity index (χ4v) is 1.11. The summed E-state index contributed by atoms with van der Waals surface area (Å²) in [7, 11) is 0. The van der Waals surface area contributed by atoms with Crippen LogP contribution in [-0.2, 0) is 0 Å². The van der Waals surface area contributed by atoms with Gasteiger partial charge < -0.3 is 5.48 Å². The van der Waals surface area contributed by atoms with Crippen molar-refractivity contribution in [2.45, 2.75) is 46.5 Å². The quantitative estimate of drug-likeness (QED) is 0.562. The zero-order valence-electron chi connectivity index (χ0n) is 6.91. The van der Waals surface area contributed by atoms with Crippen molar-refractivity contribution in [1.82, 2.24) is 0 Å². The average molecular weight is 132 g/mol. The molecule has 0 aliphatic heterocycles. The molecule has 0 radical (unpaired) electrons. The molecule has 58 valence electrons. The van der Waals surface area contributed by atoms with Crippen LogP contribution in [0, 0.1) is 5.92 Å². The second-order valence-corrected chi connectivity index (χ2v) is 2.47. The molecule has 2 N–H and O–H groups in total. The Labute approximate surface area is 58.8 Å². The van der Waals surface area contributed by atoms with Gasteiger partial charge in [-0.25, -0.2) is 0 Å². The highest BCUT2D eigenvalue weighted by molar-refractivity contribution is 4.51. The lowest BCUT2D eigenvalue weighted by Crippen LogP contribution is -1.94. The van der Waals surface area contributed by atoms with E-state index < -0.39 is 0 Å². The van der Waals surface area contributed by atoms with Gasteiger partial charge >= 0.3 is 0 Å². The molecule has 0 aliphatic carbocycles. The topological polar surface area (TPSA) is 31.5 Å². The maximum Gasteiger partial charge on any atom is -0.0420 e. The third-order valence-electron chi connectivity index (χ3n) is 1.85. The molecular formula is C8H20O. The summed E-state index contributed by atoms with van der Waals surface area (Å²) < 4.78 is 0. The van der Waals surface area contributed by atoms with Gasteiger partial charge in [-0.15, -0.1) is 0 Å². The van der Waals surface area contributed by atoms with Gasteiger partial charge in [0.25, 0.3) is 0 Å². The first-order valence-corrected chi connectivity index (χ1v) is 3.85. The van der Waals surface area contributed by atoms with E-state index in [-0.39, 0.29) is 5.48 Å². The Kier molecular flexibility index (Phi) is 10.4. The van der Waals surface area contributed by atoms with E-state index in [0.717, 1.165) is 5.92 Å². The van der Waals surface area contributed by atoms with Gasteiger partial charge in [-0.05, 0) is 5.92 Å². The lowest BCUT2D eigenvalue weighted by Gasteiger charge is -2.08. The molecule has 9 heavy (non-hydrogen) atoms. The molecule has 0 unspecified atom stereocenters. The molecule has 0 aromatic rings. The maximum absolute atomic E-state index is 2.28. The van der Waals surface area contributed by atoms with Crippen LogP contribution in [-0.4, -0.2) is 5.48 Å². The van der Waals surface area contributed by atoms with Crippen LogP contribution in [0.3, 0.4) is 0 Å². The van der Waals surface area contributed by atoms with Crippen LogP contribution in [0.15, 0.2) is 0 Å². The van der Waals surface area contributed by atoms with Crippen molar-refractivity contribution < 1.29 is 5.48 Å². The van der Waals surface area contributed by atoms with Crippen LogP contribution in [0.25, 0.3) is 0 Å². The van der Waals surface area contributed by atoms with E-state index in [0.29, 0.717) is 0 Å². The summed E-state index contributed by atoms with van der Waals surface area (Å²) in [6, 6.07) is 0. The smallest absolute Gasteiger partial charge is 0.0420 e. The zero-order valence-corrected chi connectivity index (χ0v) is 6.91. The lowest BCUT2D eigenvalue weighted by molar-refractivity contribution is 0.451. The van der Waals surface area contributed by atoms with Crippen molar-refractivity contribution in [3.8, 4) is 0 Å². The number of rotatable bonds is 4. The molecule has 0 atom stereocenters. The number of hydrogen-bond donors (Lipinski definition) is 0. The molecule has 0 aliphatic rings. The predicted molar refractivity (Wildman–Crippen MR) is 42.6 cm³/mol. The molecule has 0 bridgehead atoms. The first-order valence-electron chi connectivity index (χ1n) is 3.85. The Hall–Kier alpha value is -0.0400. The molecule has 0 aromatic carbocycles. The summed E-state index contributed by atoms with van der Waals surface area (Å²) >= 11 is 0. The monoisotopic (exact) mass is 132 g/mol. The van der Waals surface area contributed by atoms with Crippen molar-refractivity contribution in [1.29, 1.82) is 0 Å². The summed E-state index contributed by atoms with van der Waals surface area (Å²) in [6.45, 7) is 6.83. The van der Waals surface area contributed by atoms with E-state index in [9.17, 15) is 0 Å². The van der Waals surface area contributed by atoms with Crippen LogP contribution in [0.1, 0.15) is 46.5 Å². The zero-order chi connectivity index (χ0) is 6.41. The van der Waals surface area contributed by atoms with E-state index in [1.54, 1.807) is 0 Å². The van der Waals surface area contributed by atoms with E-state index in [1.165, 1.54) is 25.7 Å². The summed E-state index contributed by atoms with van der Waals surface area (Å²) in [4.78, 5) is 0. The molecule has 0 spiro atoms. The van der Waals surface area contributed by atoms with Crippen LogP contribution in [0.4, 0.5) is 0 Å². The van der Waals surface area contributed by atoms with Crippen LogP contribution < -0.4 is 0 Å². The summed E-state index contributed by atoms with van der Waals surface area (Å²) in [5, 5.41) is 0. The predicted octanol–water partition coefficient (Wildman–Crippen LogP) is 2.40. The van der Waals surface area contributed by atoms with Crippen LogP contribution in [0.5, 0.6) is 0 Å². The van der Waals surface area contributed by atoms with Crippen molar-refractivity contribution >= 4 is 0 Å². The molecule has 0 amide bonds. The Bertz CT molecular complexity index is 39.8. The molecule has 0 saturated carbocycles. The van der Waals surface area contributed by atoms with Crippen molar-refractivity contribution in [3.63, 3.8) is 0 Å². The largest absolute Gasteiger partial charge is 0.412 e. The van der Waals surface area contributed by atoms with E-state index >= 15 is 0 Å². The molecular weight excluding hydrogens is 112 g/mol. The van der Waals surface area contributed by atoms with Gasteiger partial charge in [0.1, 0.15) is 0 Å². The van der Waals surface area contributed by atoms with Gasteiger partial charge in [0.05, 0.1) is 0 Å². The standard InChI is InChI=1S/C8H18.H2O/c1-4-7-8(5-2)6-3;/h8H,4-7H2,1-3H3;1H2. The first kappa shape index (κ1) is 11.7. The number of hydrogen-bond acceptors (Lipinski definition) is 0. The minimum atomic E-state index is 0. The second-order valence-electron chi connectivity index (χ2n) is 2.47. The average Bonchev–Trinajstić information content (AvgIpc) is 1.83. The molecule has 1 heteroatoms. The van der Waals surface area contributed by atoms with Crippen molar-refractivity contribution in [3.05, 3.63) is 0 Å².